The average Bonchev–Trinajstić information content (AvgIpc) is 2.42. The van der Waals surface area contributed by atoms with Crippen molar-refractivity contribution >= 4 is 27.7 Å². The van der Waals surface area contributed by atoms with Gasteiger partial charge in [-0.1, -0.05) is 26.8 Å². The maximum Gasteiger partial charge on any atom is 0.133 e. The molecule has 1 atom stereocenters. The molecule has 0 amide bonds. The highest BCUT2D eigenvalue weighted by Gasteiger charge is 2.11. The lowest BCUT2D eigenvalue weighted by atomic mass is 10.1. The van der Waals surface area contributed by atoms with Gasteiger partial charge in [-0.15, -0.1) is 0 Å². The van der Waals surface area contributed by atoms with E-state index in [2.05, 4.69) is 54.2 Å². The molecule has 0 aliphatic heterocycles. The molecule has 0 aliphatic rings. The van der Waals surface area contributed by atoms with E-state index in [-0.39, 0.29) is 0 Å². The highest BCUT2D eigenvalue weighted by atomic mass is 79.9. The minimum atomic E-state index is 0.530. The number of benzene rings is 1. The first-order valence-corrected chi connectivity index (χ1v) is 9.08. The summed E-state index contributed by atoms with van der Waals surface area (Å²) in [6.45, 7) is 7.81. The van der Waals surface area contributed by atoms with Crippen LogP contribution in [0.2, 0.25) is 0 Å². The summed E-state index contributed by atoms with van der Waals surface area (Å²) in [4.78, 5) is 0. The second kappa shape index (κ2) is 9.69. The van der Waals surface area contributed by atoms with Crippen molar-refractivity contribution in [2.75, 3.05) is 19.4 Å². The first kappa shape index (κ1) is 17.9. The van der Waals surface area contributed by atoms with Gasteiger partial charge in [0.15, 0.2) is 0 Å². The van der Waals surface area contributed by atoms with Crippen LogP contribution in [0.3, 0.4) is 0 Å². The summed E-state index contributed by atoms with van der Waals surface area (Å²) in [6, 6.07) is 6.89. The maximum atomic E-state index is 5.28. The minimum Gasteiger partial charge on any atom is -0.496 e. The van der Waals surface area contributed by atoms with Crippen LogP contribution >= 0.6 is 27.7 Å². The Morgan fingerprint density at radius 2 is 2.10 bits per heavy atom. The number of hydrogen-bond donors (Lipinski definition) is 1. The van der Waals surface area contributed by atoms with Crippen LogP contribution in [0.5, 0.6) is 5.75 Å². The molecule has 1 N–H and O–H groups in total. The van der Waals surface area contributed by atoms with E-state index in [1.165, 1.54) is 12.0 Å². The molecule has 114 valence electrons. The van der Waals surface area contributed by atoms with Gasteiger partial charge in [0.05, 0.1) is 11.6 Å². The molecule has 20 heavy (non-hydrogen) atoms. The second-order valence-corrected chi connectivity index (χ2v) is 7.67. The van der Waals surface area contributed by atoms with Crippen molar-refractivity contribution in [2.45, 2.75) is 44.9 Å². The summed E-state index contributed by atoms with van der Waals surface area (Å²) in [5.74, 6) is 2.05. The number of methoxy groups -OCH3 is 1. The fourth-order valence-electron chi connectivity index (χ4n) is 1.97. The van der Waals surface area contributed by atoms with Gasteiger partial charge in [-0.3, -0.25) is 0 Å². The van der Waals surface area contributed by atoms with Crippen LogP contribution in [-0.4, -0.2) is 30.7 Å². The molecule has 2 nitrogen and oxygen atoms in total. The molecule has 1 aromatic carbocycles. The predicted octanol–water partition coefficient (Wildman–Crippen LogP) is 4.51. The van der Waals surface area contributed by atoms with Gasteiger partial charge in [0, 0.05) is 11.8 Å². The number of thioether (sulfide) groups is 1. The molecule has 1 rings (SSSR count). The maximum absolute atomic E-state index is 5.28. The highest BCUT2D eigenvalue weighted by molar-refractivity contribution is 9.10. The summed E-state index contributed by atoms with van der Waals surface area (Å²) in [5, 5.41) is 4.34. The second-order valence-electron chi connectivity index (χ2n) is 5.21. The Hall–Kier alpha value is -0.190. The Morgan fingerprint density at radius 3 is 2.65 bits per heavy atom. The SMILES string of the molecule is CCCNC(CSC(C)C)Cc1ccc(OC)c(Br)c1. The number of hydrogen-bond acceptors (Lipinski definition) is 3. The summed E-state index contributed by atoms with van der Waals surface area (Å²) in [5.41, 5.74) is 1.34. The number of rotatable bonds is 9. The molecule has 1 aromatic rings. The van der Waals surface area contributed by atoms with Crippen molar-refractivity contribution in [3.05, 3.63) is 28.2 Å². The summed E-state index contributed by atoms with van der Waals surface area (Å²) >= 11 is 5.58. The zero-order chi connectivity index (χ0) is 15.0. The quantitative estimate of drug-likeness (QED) is 0.700. The molecule has 0 saturated carbocycles. The normalized spacial score (nSPS) is 12.7. The van der Waals surface area contributed by atoms with Gasteiger partial charge in [0.2, 0.25) is 0 Å². The molecule has 0 heterocycles. The Morgan fingerprint density at radius 1 is 1.35 bits per heavy atom. The molecule has 0 spiro atoms. The zero-order valence-corrected chi connectivity index (χ0v) is 15.3. The third kappa shape index (κ3) is 6.51. The smallest absolute Gasteiger partial charge is 0.133 e. The Bertz CT molecular complexity index is 398. The molecule has 4 heteroatoms. The first-order valence-electron chi connectivity index (χ1n) is 7.24. The Labute approximate surface area is 136 Å². The van der Waals surface area contributed by atoms with E-state index in [0.29, 0.717) is 11.3 Å². The lowest BCUT2D eigenvalue weighted by molar-refractivity contribution is 0.412. The average molecular weight is 360 g/mol. The zero-order valence-electron chi connectivity index (χ0n) is 12.9. The van der Waals surface area contributed by atoms with Crippen LogP contribution < -0.4 is 10.1 Å². The van der Waals surface area contributed by atoms with Crippen molar-refractivity contribution in [1.29, 1.82) is 0 Å². The van der Waals surface area contributed by atoms with Crippen LogP contribution in [0, 0.1) is 0 Å². The van der Waals surface area contributed by atoms with E-state index in [0.717, 1.165) is 28.9 Å². The fourth-order valence-corrected chi connectivity index (χ4v) is 3.41. The van der Waals surface area contributed by atoms with Crippen molar-refractivity contribution in [2.24, 2.45) is 0 Å². The molecular weight excluding hydrogens is 334 g/mol. The van der Waals surface area contributed by atoms with E-state index < -0.39 is 0 Å². The molecule has 0 saturated heterocycles. The molecule has 0 bridgehead atoms. The molecular formula is C16H26BrNOS. The molecule has 1 unspecified atom stereocenters. The number of ether oxygens (including phenoxy) is 1. The molecule has 0 aliphatic carbocycles. The standard InChI is InChI=1S/C16H26BrNOS/c1-5-8-18-14(11-20-12(2)3)9-13-6-7-16(19-4)15(17)10-13/h6-7,10,12,14,18H,5,8-9,11H2,1-4H3. The lowest BCUT2D eigenvalue weighted by Gasteiger charge is -2.20. The third-order valence-corrected chi connectivity index (χ3v) is 4.89. The van der Waals surface area contributed by atoms with E-state index in [9.17, 15) is 0 Å². The van der Waals surface area contributed by atoms with Crippen LogP contribution in [0.4, 0.5) is 0 Å². The minimum absolute atomic E-state index is 0.530. The van der Waals surface area contributed by atoms with Crippen LogP contribution in [-0.2, 0) is 6.42 Å². The topological polar surface area (TPSA) is 21.3 Å². The van der Waals surface area contributed by atoms with Crippen LogP contribution in [0.15, 0.2) is 22.7 Å². The summed E-state index contributed by atoms with van der Waals surface area (Å²) in [7, 11) is 1.70. The van der Waals surface area contributed by atoms with Crippen molar-refractivity contribution in [3.63, 3.8) is 0 Å². The number of nitrogens with one attached hydrogen (secondary N) is 1. The van der Waals surface area contributed by atoms with Crippen molar-refractivity contribution in [1.82, 2.24) is 5.32 Å². The van der Waals surface area contributed by atoms with Crippen LogP contribution in [0.25, 0.3) is 0 Å². The van der Waals surface area contributed by atoms with Gasteiger partial charge in [0.1, 0.15) is 5.75 Å². The van der Waals surface area contributed by atoms with E-state index in [1.54, 1.807) is 7.11 Å². The van der Waals surface area contributed by atoms with Gasteiger partial charge < -0.3 is 10.1 Å². The van der Waals surface area contributed by atoms with Gasteiger partial charge in [-0.25, -0.2) is 0 Å². The third-order valence-electron chi connectivity index (χ3n) is 3.01. The summed E-state index contributed by atoms with van der Waals surface area (Å²) in [6.07, 6.45) is 2.23. The number of halogens is 1. The van der Waals surface area contributed by atoms with Crippen LogP contribution in [0.1, 0.15) is 32.8 Å². The molecule has 0 fully saturated rings. The molecule has 0 aromatic heterocycles. The Kier molecular flexibility index (Phi) is 8.66. The van der Waals surface area contributed by atoms with E-state index in [1.807, 2.05) is 17.8 Å². The first-order chi connectivity index (χ1) is 9.56. The van der Waals surface area contributed by atoms with Gasteiger partial charge in [-0.05, 0) is 58.3 Å². The monoisotopic (exact) mass is 359 g/mol. The van der Waals surface area contributed by atoms with E-state index in [4.69, 9.17) is 4.74 Å². The van der Waals surface area contributed by atoms with Crippen molar-refractivity contribution in [3.8, 4) is 5.75 Å². The highest BCUT2D eigenvalue weighted by Crippen LogP contribution is 2.26. The fraction of sp³-hybridized carbons (Fsp3) is 0.625. The summed E-state index contributed by atoms with van der Waals surface area (Å²) < 4.78 is 6.31. The van der Waals surface area contributed by atoms with Gasteiger partial charge >= 0.3 is 0 Å². The predicted molar refractivity (Wildman–Crippen MR) is 94.1 cm³/mol. The lowest BCUT2D eigenvalue weighted by Crippen LogP contribution is -2.34. The van der Waals surface area contributed by atoms with Gasteiger partial charge in [0.25, 0.3) is 0 Å². The van der Waals surface area contributed by atoms with E-state index >= 15 is 0 Å². The van der Waals surface area contributed by atoms with Gasteiger partial charge in [-0.2, -0.15) is 11.8 Å². The van der Waals surface area contributed by atoms with Crippen molar-refractivity contribution < 1.29 is 4.74 Å². The largest absolute Gasteiger partial charge is 0.496 e. The Balaban J connectivity index is 2.64. The molecule has 0 radical (unpaired) electrons.